The molecule has 0 amide bonds. The summed E-state index contributed by atoms with van der Waals surface area (Å²) >= 11 is 3.56. The molecule has 17 heavy (non-hydrogen) atoms. The predicted octanol–water partition coefficient (Wildman–Crippen LogP) is 2.40. The zero-order chi connectivity index (χ0) is 12.7. The average Bonchev–Trinajstić information content (AvgIpc) is 2.65. The first-order valence-electron chi connectivity index (χ1n) is 6.08. The van der Waals surface area contributed by atoms with Crippen LogP contribution in [0.15, 0.2) is 10.7 Å². The minimum absolute atomic E-state index is 0.415. The maximum atomic E-state index is 4.98. The van der Waals surface area contributed by atoms with Gasteiger partial charge in [-0.1, -0.05) is 0 Å². The van der Waals surface area contributed by atoms with Gasteiger partial charge in [-0.2, -0.15) is 5.10 Å². The van der Waals surface area contributed by atoms with Crippen LogP contribution >= 0.6 is 15.9 Å². The second-order valence-corrected chi connectivity index (χ2v) is 5.18. The van der Waals surface area contributed by atoms with Gasteiger partial charge in [0.1, 0.15) is 0 Å². The normalized spacial score (nSPS) is 11.4. The molecule has 0 saturated carbocycles. The number of hydrogen-bond acceptors (Lipinski definition) is 3. The van der Waals surface area contributed by atoms with E-state index in [-0.39, 0.29) is 0 Å². The van der Waals surface area contributed by atoms with E-state index in [0.29, 0.717) is 6.04 Å². The Morgan fingerprint density at radius 1 is 1.47 bits per heavy atom. The van der Waals surface area contributed by atoms with Crippen molar-refractivity contribution in [1.29, 1.82) is 0 Å². The third-order valence-electron chi connectivity index (χ3n) is 2.59. The topological polar surface area (TPSA) is 39.1 Å². The van der Waals surface area contributed by atoms with Crippen molar-refractivity contribution in [3.05, 3.63) is 16.4 Å². The van der Waals surface area contributed by atoms with E-state index < -0.39 is 0 Å². The number of rotatable bonds is 8. The van der Waals surface area contributed by atoms with E-state index in [0.717, 1.165) is 37.0 Å². The molecule has 1 aromatic rings. The molecule has 0 spiro atoms. The molecule has 0 saturated heterocycles. The fraction of sp³-hybridized carbons (Fsp3) is 0.750. The number of ether oxygens (including phenoxy) is 1. The van der Waals surface area contributed by atoms with E-state index in [1.165, 1.54) is 5.69 Å². The number of nitrogens with zero attached hydrogens (tertiary/aromatic N) is 2. The van der Waals surface area contributed by atoms with Crippen LogP contribution in [0.4, 0.5) is 0 Å². The van der Waals surface area contributed by atoms with Crippen LogP contribution < -0.4 is 5.32 Å². The van der Waals surface area contributed by atoms with Crippen molar-refractivity contribution in [2.24, 2.45) is 0 Å². The summed E-state index contributed by atoms with van der Waals surface area (Å²) in [5.74, 6) is 0. The summed E-state index contributed by atoms with van der Waals surface area (Å²) in [4.78, 5) is 0. The van der Waals surface area contributed by atoms with E-state index in [1.54, 1.807) is 7.11 Å². The van der Waals surface area contributed by atoms with Crippen molar-refractivity contribution in [3.8, 4) is 0 Å². The Morgan fingerprint density at radius 3 is 2.88 bits per heavy atom. The molecule has 1 aromatic heterocycles. The van der Waals surface area contributed by atoms with Gasteiger partial charge in [-0.3, -0.25) is 4.68 Å². The van der Waals surface area contributed by atoms with E-state index >= 15 is 0 Å². The second kappa shape index (κ2) is 7.84. The number of halogens is 1. The number of hydrogen-bond donors (Lipinski definition) is 1. The Balaban J connectivity index is 2.33. The number of aromatic nitrogens is 2. The lowest BCUT2D eigenvalue weighted by Gasteiger charge is -2.11. The van der Waals surface area contributed by atoms with E-state index in [4.69, 9.17) is 4.74 Å². The lowest BCUT2D eigenvalue weighted by atomic mass is 10.2. The van der Waals surface area contributed by atoms with Crippen LogP contribution in [0.1, 0.15) is 32.0 Å². The van der Waals surface area contributed by atoms with Crippen LogP contribution in [-0.4, -0.2) is 36.6 Å². The number of methoxy groups -OCH3 is 1. The van der Waals surface area contributed by atoms with Gasteiger partial charge in [-0.05, 0) is 49.2 Å². The molecule has 1 N–H and O–H groups in total. The lowest BCUT2D eigenvalue weighted by Crippen LogP contribution is -2.21. The summed E-state index contributed by atoms with van der Waals surface area (Å²) in [7, 11) is 1.72. The molecule has 0 aliphatic rings. The molecule has 0 aliphatic heterocycles. The Hall–Kier alpha value is -0.390. The van der Waals surface area contributed by atoms with Crippen LogP contribution in [0, 0.1) is 0 Å². The van der Waals surface area contributed by atoms with Crippen LogP contribution in [0.3, 0.4) is 0 Å². The Morgan fingerprint density at radius 2 is 2.24 bits per heavy atom. The van der Waals surface area contributed by atoms with Crippen LogP contribution in [0.5, 0.6) is 0 Å². The van der Waals surface area contributed by atoms with E-state index in [2.05, 4.69) is 44.9 Å². The van der Waals surface area contributed by atoms with Crippen molar-refractivity contribution in [3.63, 3.8) is 0 Å². The summed E-state index contributed by atoms with van der Waals surface area (Å²) in [5.41, 5.74) is 1.29. The van der Waals surface area contributed by atoms with Crippen LogP contribution in [0.2, 0.25) is 0 Å². The van der Waals surface area contributed by atoms with Gasteiger partial charge in [-0.15, -0.1) is 0 Å². The fourth-order valence-electron chi connectivity index (χ4n) is 1.73. The summed E-state index contributed by atoms with van der Waals surface area (Å²) in [6, 6.07) is 0.415. The maximum Gasteiger partial charge on any atom is 0.0635 e. The first-order valence-corrected chi connectivity index (χ1v) is 6.87. The Labute approximate surface area is 112 Å². The lowest BCUT2D eigenvalue weighted by molar-refractivity contribution is 0.199. The highest BCUT2D eigenvalue weighted by molar-refractivity contribution is 9.10. The van der Waals surface area contributed by atoms with Gasteiger partial charge in [-0.25, -0.2) is 0 Å². The van der Waals surface area contributed by atoms with Gasteiger partial charge in [0.05, 0.1) is 23.0 Å². The second-order valence-electron chi connectivity index (χ2n) is 4.32. The first-order chi connectivity index (χ1) is 8.16. The Kier molecular flexibility index (Phi) is 6.77. The molecule has 4 nitrogen and oxygen atoms in total. The van der Waals surface area contributed by atoms with Gasteiger partial charge >= 0.3 is 0 Å². The summed E-state index contributed by atoms with van der Waals surface area (Å²) in [6.07, 6.45) is 4.03. The standard InChI is InChI=1S/C12H22BrN3O/c1-10(2)16-12(11(13)9-15-16)5-4-6-14-7-8-17-3/h9-10,14H,4-8H2,1-3H3. The summed E-state index contributed by atoms with van der Waals surface area (Å²) < 4.78 is 8.18. The van der Waals surface area contributed by atoms with Crippen LogP contribution in [0.25, 0.3) is 0 Å². The zero-order valence-corrected chi connectivity index (χ0v) is 12.5. The van der Waals surface area contributed by atoms with E-state index in [1.807, 2.05) is 6.20 Å². The molecule has 1 rings (SSSR count). The minimum Gasteiger partial charge on any atom is -0.383 e. The van der Waals surface area contributed by atoms with E-state index in [9.17, 15) is 0 Å². The average molecular weight is 304 g/mol. The molecule has 0 bridgehead atoms. The Bertz CT molecular complexity index is 326. The monoisotopic (exact) mass is 303 g/mol. The minimum atomic E-state index is 0.415. The van der Waals surface area contributed by atoms with Crippen molar-refractivity contribution in [1.82, 2.24) is 15.1 Å². The molecule has 5 heteroatoms. The molecule has 0 aromatic carbocycles. The molecule has 98 valence electrons. The first kappa shape index (κ1) is 14.7. The molecule has 0 atom stereocenters. The van der Waals surface area contributed by atoms with Crippen molar-refractivity contribution in [2.75, 3.05) is 26.8 Å². The zero-order valence-electron chi connectivity index (χ0n) is 10.9. The molecule has 0 unspecified atom stereocenters. The smallest absolute Gasteiger partial charge is 0.0635 e. The summed E-state index contributed by atoms with van der Waals surface area (Å²) in [6.45, 7) is 7.01. The predicted molar refractivity (Wildman–Crippen MR) is 73.4 cm³/mol. The van der Waals surface area contributed by atoms with Crippen molar-refractivity contribution in [2.45, 2.75) is 32.7 Å². The summed E-state index contributed by atoms with van der Waals surface area (Å²) in [5, 5.41) is 7.72. The fourth-order valence-corrected chi connectivity index (χ4v) is 2.20. The maximum absolute atomic E-state index is 4.98. The largest absolute Gasteiger partial charge is 0.383 e. The number of nitrogens with one attached hydrogen (secondary N) is 1. The highest BCUT2D eigenvalue weighted by Gasteiger charge is 2.10. The third kappa shape index (κ3) is 4.77. The highest BCUT2D eigenvalue weighted by Crippen LogP contribution is 2.20. The van der Waals surface area contributed by atoms with Gasteiger partial charge < -0.3 is 10.1 Å². The molecule has 0 aliphatic carbocycles. The highest BCUT2D eigenvalue weighted by atomic mass is 79.9. The van der Waals surface area contributed by atoms with Crippen LogP contribution in [-0.2, 0) is 11.2 Å². The molecule has 1 heterocycles. The van der Waals surface area contributed by atoms with Crippen molar-refractivity contribution >= 4 is 15.9 Å². The van der Waals surface area contributed by atoms with Gasteiger partial charge in [0.15, 0.2) is 0 Å². The van der Waals surface area contributed by atoms with Crippen molar-refractivity contribution < 1.29 is 4.74 Å². The molecular formula is C12H22BrN3O. The molecule has 0 radical (unpaired) electrons. The SMILES string of the molecule is COCCNCCCc1c(Br)cnn1C(C)C. The van der Waals surface area contributed by atoms with Gasteiger partial charge in [0.25, 0.3) is 0 Å². The quantitative estimate of drug-likeness (QED) is 0.750. The molecular weight excluding hydrogens is 282 g/mol. The van der Waals surface area contributed by atoms with Gasteiger partial charge in [0, 0.05) is 19.7 Å². The third-order valence-corrected chi connectivity index (χ3v) is 3.25. The molecule has 0 fully saturated rings. The van der Waals surface area contributed by atoms with Gasteiger partial charge in [0.2, 0.25) is 0 Å².